The van der Waals surface area contributed by atoms with Crippen molar-refractivity contribution in [3.63, 3.8) is 0 Å². The highest BCUT2D eigenvalue weighted by Crippen LogP contribution is 2.19. The van der Waals surface area contributed by atoms with Gasteiger partial charge in [-0.05, 0) is 62.9 Å². The van der Waals surface area contributed by atoms with Crippen molar-refractivity contribution in [3.8, 4) is 0 Å². The Kier molecular flexibility index (Phi) is 5.51. The van der Waals surface area contributed by atoms with Crippen LogP contribution < -0.4 is 5.32 Å². The van der Waals surface area contributed by atoms with Crippen molar-refractivity contribution in [1.29, 1.82) is 0 Å². The van der Waals surface area contributed by atoms with E-state index in [2.05, 4.69) is 22.3 Å². The Morgan fingerprint density at radius 2 is 2.04 bits per heavy atom. The van der Waals surface area contributed by atoms with Crippen LogP contribution in [0.3, 0.4) is 0 Å². The average Bonchev–Trinajstić information content (AvgIpc) is 3.24. The molecule has 0 radical (unpaired) electrons. The molecule has 2 aliphatic rings. The minimum Gasteiger partial charge on any atom is -0.394 e. The first kappa shape index (κ1) is 16.3. The second kappa shape index (κ2) is 7.79. The predicted molar refractivity (Wildman–Crippen MR) is 91.7 cm³/mol. The van der Waals surface area contributed by atoms with Crippen molar-refractivity contribution < 1.29 is 9.90 Å². The van der Waals surface area contributed by atoms with Gasteiger partial charge in [-0.25, -0.2) is 4.79 Å². The van der Waals surface area contributed by atoms with Crippen molar-refractivity contribution in [2.24, 2.45) is 0 Å². The molecule has 2 aliphatic heterocycles. The number of carbonyl (C=O) groups excluding carboxylic acids is 1. The van der Waals surface area contributed by atoms with Gasteiger partial charge in [-0.15, -0.1) is 0 Å². The molecule has 5 nitrogen and oxygen atoms in total. The summed E-state index contributed by atoms with van der Waals surface area (Å²) in [6.45, 7) is 4.30. The van der Waals surface area contributed by atoms with Crippen LogP contribution in [0.15, 0.2) is 24.3 Å². The predicted octanol–water partition coefficient (Wildman–Crippen LogP) is 2.31. The molecule has 3 rings (SSSR count). The first-order valence-corrected chi connectivity index (χ1v) is 8.76. The maximum Gasteiger partial charge on any atom is 0.322 e. The van der Waals surface area contributed by atoms with Gasteiger partial charge in [0, 0.05) is 18.8 Å². The minimum atomic E-state index is -0.0988. The van der Waals surface area contributed by atoms with Crippen LogP contribution >= 0.6 is 0 Å². The summed E-state index contributed by atoms with van der Waals surface area (Å²) >= 11 is 0. The van der Waals surface area contributed by atoms with Crippen LogP contribution in [0.2, 0.25) is 0 Å². The molecule has 2 amide bonds. The molecule has 5 heteroatoms. The third-order valence-corrected chi connectivity index (χ3v) is 4.94. The molecule has 0 aromatic heterocycles. The molecule has 126 valence electrons. The van der Waals surface area contributed by atoms with Gasteiger partial charge < -0.3 is 20.2 Å². The largest absolute Gasteiger partial charge is 0.394 e. The third kappa shape index (κ3) is 4.24. The monoisotopic (exact) mass is 317 g/mol. The zero-order valence-electron chi connectivity index (χ0n) is 13.7. The molecular formula is C18H27N3O2. The number of anilines is 1. The molecule has 2 fully saturated rings. The molecule has 23 heavy (non-hydrogen) atoms. The maximum absolute atomic E-state index is 12.4. The molecule has 0 saturated carbocycles. The number of rotatable bonds is 5. The summed E-state index contributed by atoms with van der Waals surface area (Å²) in [5.41, 5.74) is 2.10. The van der Waals surface area contributed by atoms with E-state index < -0.39 is 0 Å². The third-order valence-electron chi connectivity index (χ3n) is 4.94. The molecule has 0 spiro atoms. The molecular weight excluding hydrogens is 290 g/mol. The van der Waals surface area contributed by atoms with Gasteiger partial charge in [0.25, 0.3) is 0 Å². The number of hydrogen-bond acceptors (Lipinski definition) is 3. The Hall–Kier alpha value is -1.59. The Balaban J connectivity index is 1.55. The number of carbonyl (C=O) groups is 1. The van der Waals surface area contributed by atoms with Crippen molar-refractivity contribution in [2.75, 3.05) is 38.1 Å². The quantitative estimate of drug-likeness (QED) is 0.876. The summed E-state index contributed by atoms with van der Waals surface area (Å²) in [4.78, 5) is 16.6. The van der Waals surface area contributed by atoms with E-state index in [4.69, 9.17) is 0 Å². The fraction of sp³-hybridized carbons (Fsp3) is 0.611. The van der Waals surface area contributed by atoms with Gasteiger partial charge in [0.2, 0.25) is 0 Å². The van der Waals surface area contributed by atoms with Gasteiger partial charge in [-0.2, -0.15) is 0 Å². The molecule has 1 atom stereocenters. The minimum absolute atomic E-state index is 0.0339. The van der Waals surface area contributed by atoms with E-state index >= 15 is 0 Å². The number of amides is 2. The average molecular weight is 317 g/mol. The lowest BCUT2D eigenvalue weighted by atomic mass is 10.1. The second-order valence-electron chi connectivity index (χ2n) is 6.60. The van der Waals surface area contributed by atoms with Crippen LogP contribution in [-0.4, -0.2) is 59.8 Å². The smallest absolute Gasteiger partial charge is 0.322 e. The maximum atomic E-state index is 12.4. The Labute approximate surface area is 138 Å². The number of nitrogens with zero attached hydrogens (tertiary/aromatic N) is 2. The number of nitrogens with one attached hydrogen (secondary N) is 1. The highest BCUT2D eigenvalue weighted by molar-refractivity contribution is 5.89. The van der Waals surface area contributed by atoms with Crippen LogP contribution in [0.5, 0.6) is 0 Å². The molecule has 1 aromatic carbocycles. The van der Waals surface area contributed by atoms with Crippen molar-refractivity contribution in [3.05, 3.63) is 29.8 Å². The van der Waals surface area contributed by atoms with E-state index in [-0.39, 0.29) is 18.7 Å². The van der Waals surface area contributed by atoms with Crippen molar-refractivity contribution in [1.82, 2.24) is 9.80 Å². The number of urea groups is 1. The van der Waals surface area contributed by atoms with Gasteiger partial charge in [0.1, 0.15) is 0 Å². The van der Waals surface area contributed by atoms with Crippen LogP contribution in [0.4, 0.5) is 10.5 Å². The molecule has 2 N–H and O–H groups in total. The fourth-order valence-corrected chi connectivity index (χ4v) is 3.59. The van der Waals surface area contributed by atoms with Crippen LogP contribution in [0.25, 0.3) is 0 Å². The zero-order chi connectivity index (χ0) is 16.1. The highest BCUT2D eigenvalue weighted by Gasteiger charge is 2.28. The van der Waals surface area contributed by atoms with Gasteiger partial charge in [0.05, 0.1) is 12.6 Å². The van der Waals surface area contributed by atoms with Crippen LogP contribution in [-0.2, 0) is 6.42 Å². The van der Waals surface area contributed by atoms with Gasteiger partial charge >= 0.3 is 6.03 Å². The Morgan fingerprint density at radius 1 is 1.22 bits per heavy atom. The van der Waals surface area contributed by atoms with E-state index in [1.807, 2.05) is 12.1 Å². The summed E-state index contributed by atoms with van der Waals surface area (Å²) in [5, 5.41) is 12.3. The van der Waals surface area contributed by atoms with Gasteiger partial charge in [0.15, 0.2) is 0 Å². The van der Waals surface area contributed by atoms with E-state index in [9.17, 15) is 9.90 Å². The second-order valence-corrected chi connectivity index (χ2v) is 6.60. The topological polar surface area (TPSA) is 55.8 Å². The number of benzene rings is 1. The summed E-state index contributed by atoms with van der Waals surface area (Å²) in [6, 6.07) is 7.99. The lowest BCUT2D eigenvalue weighted by Crippen LogP contribution is -2.40. The van der Waals surface area contributed by atoms with E-state index in [0.717, 1.165) is 38.0 Å². The number of aliphatic hydroxyl groups is 1. The number of aliphatic hydroxyl groups excluding tert-OH is 1. The molecule has 0 aliphatic carbocycles. The number of likely N-dealkylation sites (tertiary alicyclic amines) is 2. The first-order chi connectivity index (χ1) is 11.3. The number of hydrogen-bond donors (Lipinski definition) is 2. The summed E-state index contributed by atoms with van der Waals surface area (Å²) < 4.78 is 0. The normalized spacial score (nSPS) is 21.8. The van der Waals surface area contributed by atoms with Gasteiger partial charge in [-0.3, -0.25) is 0 Å². The standard InChI is InChI=1S/C18H27N3O2/c22-14-17-7-4-11-21(17)18(23)19-16-6-3-5-15(13-16)8-12-20-9-1-2-10-20/h3,5-6,13,17,22H,1-2,4,7-12,14H2,(H,19,23). The molecule has 1 unspecified atom stereocenters. The summed E-state index contributed by atoms with van der Waals surface area (Å²) in [6.07, 6.45) is 5.51. The summed E-state index contributed by atoms with van der Waals surface area (Å²) in [5.74, 6) is 0. The zero-order valence-corrected chi connectivity index (χ0v) is 13.7. The van der Waals surface area contributed by atoms with Crippen LogP contribution in [0.1, 0.15) is 31.2 Å². The Morgan fingerprint density at radius 3 is 2.83 bits per heavy atom. The Bertz CT molecular complexity index is 529. The lowest BCUT2D eigenvalue weighted by Gasteiger charge is -2.23. The van der Waals surface area contributed by atoms with Crippen molar-refractivity contribution in [2.45, 2.75) is 38.1 Å². The first-order valence-electron chi connectivity index (χ1n) is 8.76. The SMILES string of the molecule is O=C(Nc1cccc(CCN2CCCC2)c1)N1CCCC1CO. The van der Waals surface area contributed by atoms with E-state index in [1.54, 1.807) is 4.90 Å². The highest BCUT2D eigenvalue weighted by atomic mass is 16.3. The molecule has 2 heterocycles. The van der Waals surface area contributed by atoms with Crippen LogP contribution in [0, 0.1) is 0 Å². The van der Waals surface area contributed by atoms with Crippen molar-refractivity contribution >= 4 is 11.7 Å². The summed E-state index contributed by atoms with van der Waals surface area (Å²) in [7, 11) is 0. The molecule has 1 aromatic rings. The van der Waals surface area contributed by atoms with E-state index in [1.165, 1.54) is 31.5 Å². The van der Waals surface area contributed by atoms with E-state index in [0.29, 0.717) is 0 Å². The fourth-order valence-electron chi connectivity index (χ4n) is 3.59. The molecule has 0 bridgehead atoms. The van der Waals surface area contributed by atoms with Gasteiger partial charge in [-0.1, -0.05) is 12.1 Å². The molecule has 2 saturated heterocycles. The lowest BCUT2D eigenvalue weighted by molar-refractivity contribution is 0.166.